The molecule has 0 bridgehead atoms. The van der Waals surface area contributed by atoms with E-state index in [0.29, 0.717) is 0 Å². The Bertz CT molecular complexity index is 548. The SMILES string of the molecule is COCCNCc1ccn(Cc2ccc(C)c(C)c2)n1. The fourth-order valence-corrected chi connectivity index (χ4v) is 2.07. The molecule has 0 atom stereocenters. The van der Waals surface area contributed by atoms with Gasteiger partial charge in [0.05, 0.1) is 18.8 Å². The van der Waals surface area contributed by atoms with E-state index in [1.54, 1.807) is 7.11 Å². The fraction of sp³-hybridized carbons (Fsp3) is 0.438. The molecule has 4 heteroatoms. The van der Waals surface area contributed by atoms with Crippen molar-refractivity contribution >= 4 is 0 Å². The van der Waals surface area contributed by atoms with Gasteiger partial charge in [-0.2, -0.15) is 5.10 Å². The van der Waals surface area contributed by atoms with Gasteiger partial charge in [0.25, 0.3) is 0 Å². The van der Waals surface area contributed by atoms with Crippen LogP contribution in [-0.2, 0) is 17.8 Å². The number of ether oxygens (including phenoxy) is 1. The lowest BCUT2D eigenvalue weighted by atomic mass is 10.1. The number of rotatable bonds is 7. The molecule has 0 unspecified atom stereocenters. The molecule has 0 radical (unpaired) electrons. The maximum Gasteiger partial charge on any atom is 0.0762 e. The maximum atomic E-state index is 5.00. The van der Waals surface area contributed by atoms with Crippen LogP contribution in [0.2, 0.25) is 0 Å². The molecule has 4 nitrogen and oxygen atoms in total. The molecule has 1 N–H and O–H groups in total. The van der Waals surface area contributed by atoms with Crippen LogP contribution in [0.4, 0.5) is 0 Å². The molecule has 2 aromatic rings. The van der Waals surface area contributed by atoms with E-state index >= 15 is 0 Å². The topological polar surface area (TPSA) is 39.1 Å². The second-order valence-corrected chi connectivity index (χ2v) is 5.09. The zero-order chi connectivity index (χ0) is 14.4. The maximum absolute atomic E-state index is 5.00. The highest BCUT2D eigenvalue weighted by atomic mass is 16.5. The van der Waals surface area contributed by atoms with Crippen molar-refractivity contribution in [2.45, 2.75) is 26.9 Å². The standard InChI is InChI=1S/C16H23N3O/c1-13-4-5-15(10-14(13)2)12-19-8-6-16(18-19)11-17-7-9-20-3/h4-6,8,10,17H,7,9,11-12H2,1-3H3. The third kappa shape index (κ3) is 4.18. The van der Waals surface area contributed by atoms with Crippen molar-refractivity contribution in [2.24, 2.45) is 0 Å². The minimum Gasteiger partial charge on any atom is -0.383 e. The van der Waals surface area contributed by atoms with Crippen LogP contribution in [0.1, 0.15) is 22.4 Å². The first-order valence-electron chi connectivity index (χ1n) is 6.97. The van der Waals surface area contributed by atoms with Gasteiger partial charge in [-0.3, -0.25) is 4.68 Å². The van der Waals surface area contributed by atoms with Crippen LogP contribution in [0.5, 0.6) is 0 Å². The average Bonchev–Trinajstić information content (AvgIpc) is 2.87. The highest BCUT2D eigenvalue weighted by Gasteiger charge is 2.01. The summed E-state index contributed by atoms with van der Waals surface area (Å²) in [5.74, 6) is 0. The zero-order valence-electron chi connectivity index (χ0n) is 12.5. The number of aromatic nitrogens is 2. The summed E-state index contributed by atoms with van der Waals surface area (Å²) in [6.45, 7) is 7.45. The van der Waals surface area contributed by atoms with E-state index in [9.17, 15) is 0 Å². The van der Waals surface area contributed by atoms with E-state index < -0.39 is 0 Å². The van der Waals surface area contributed by atoms with E-state index in [-0.39, 0.29) is 0 Å². The molecule has 0 aliphatic rings. The molecule has 0 aliphatic carbocycles. The molecule has 1 aromatic heterocycles. The Hall–Kier alpha value is -1.65. The van der Waals surface area contributed by atoms with E-state index in [4.69, 9.17) is 4.74 Å². The van der Waals surface area contributed by atoms with E-state index in [1.165, 1.54) is 16.7 Å². The monoisotopic (exact) mass is 273 g/mol. The van der Waals surface area contributed by atoms with Crippen LogP contribution >= 0.6 is 0 Å². The quantitative estimate of drug-likeness (QED) is 0.787. The minimum absolute atomic E-state index is 0.726. The zero-order valence-corrected chi connectivity index (χ0v) is 12.5. The third-order valence-electron chi connectivity index (χ3n) is 3.40. The molecule has 0 saturated carbocycles. The van der Waals surface area contributed by atoms with Crippen molar-refractivity contribution in [2.75, 3.05) is 20.3 Å². The van der Waals surface area contributed by atoms with Crippen LogP contribution in [0.25, 0.3) is 0 Å². The Morgan fingerprint density at radius 3 is 2.80 bits per heavy atom. The number of nitrogens with zero attached hydrogens (tertiary/aromatic N) is 2. The lowest BCUT2D eigenvalue weighted by Gasteiger charge is -2.06. The second-order valence-electron chi connectivity index (χ2n) is 5.09. The summed E-state index contributed by atoms with van der Waals surface area (Å²) in [6.07, 6.45) is 2.03. The summed E-state index contributed by atoms with van der Waals surface area (Å²) < 4.78 is 6.98. The number of hydrogen-bond acceptors (Lipinski definition) is 3. The van der Waals surface area contributed by atoms with Crippen LogP contribution in [0, 0.1) is 13.8 Å². The Morgan fingerprint density at radius 2 is 2.05 bits per heavy atom. The molecule has 108 valence electrons. The third-order valence-corrected chi connectivity index (χ3v) is 3.40. The summed E-state index contributed by atoms with van der Waals surface area (Å²) in [7, 11) is 1.71. The molecule has 20 heavy (non-hydrogen) atoms. The van der Waals surface area contributed by atoms with Gasteiger partial charge in [0, 0.05) is 26.4 Å². The van der Waals surface area contributed by atoms with Gasteiger partial charge in [-0.1, -0.05) is 18.2 Å². The highest BCUT2D eigenvalue weighted by molar-refractivity contribution is 5.30. The molecular weight excluding hydrogens is 250 g/mol. The molecular formula is C16H23N3O. The van der Waals surface area contributed by atoms with Crippen molar-refractivity contribution in [3.8, 4) is 0 Å². The van der Waals surface area contributed by atoms with Crippen molar-refractivity contribution in [3.05, 3.63) is 52.8 Å². The van der Waals surface area contributed by atoms with Crippen LogP contribution in [0.3, 0.4) is 0 Å². The summed E-state index contributed by atoms with van der Waals surface area (Å²) in [5.41, 5.74) is 5.01. The van der Waals surface area contributed by atoms with E-state index in [1.807, 2.05) is 10.9 Å². The van der Waals surface area contributed by atoms with Gasteiger partial charge in [0.2, 0.25) is 0 Å². The lowest BCUT2D eigenvalue weighted by Crippen LogP contribution is -2.19. The van der Waals surface area contributed by atoms with Gasteiger partial charge >= 0.3 is 0 Å². The smallest absolute Gasteiger partial charge is 0.0762 e. The summed E-state index contributed by atoms with van der Waals surface area (Å²) >= 11 is 0. The van der Waals surface area contributed by atoms with Gasteiger partial charge in [0.1, 0.15) is 0 Å². The minimum atomic E-state index is 0.726. The van der Waals surface area contributed by atoms with Crippen LogP contribution < -0.4 is 5.32 Å². The second kappa shape index (κ2) is 7.22. The average molecular weight is 273 g/mol. The van der Waals surface area contributed by atoms with Crippen LogP contribution in [0.15, 0.2) is 30.5 Å². The molecule has 0 amide bonds. The largest absolute Gasteiger partial charge is 0.383 e. The van der Waals surface area contributed by atoms with Crippen molar-refractivity contribution in [3.63, 3.8) is 0 Å². The van der Waals surface area contributed by atoms with Gasteiger partial charge in [-0.25, -0.2) is 0 Å². The molecule has 0 aliphatic heterocycles. The van der Waals surface area contributed by atoms with Gasteiger partial charge in [-0.05, 0) is 36.6 Å². The van der Waals surface area contributed by atoms with E-state index in [0.717, 1.165) is 31.9 Å². The van der Waals surface area contributed by atoms with Crippen molar-refractivity contribution in [1.29, 1.82) is 0 Å². The fourth-order valence-electron chi connectivity index (χ4n) is 2.07. The molecule has 0 saturated heterocycles. The summed E-state index contributed by atoms with van der Waals surface area (Å²) in [6, 6.07) is 8.62. The number of aryl methyl sites for hydroxylation is 2. The molecule has 1 heterocycles. The van der Waals surface area contributed by atoms with Gasteiger partial charge in [-0.15, -0.1) is 0 Å². The lowest BCUT2D eigenvalue weighted by molar-refractivity contribution is 0.199. The summed E-state index contributed by atoms with van der Waals surface area (Å²) in [5, 5.41) is 7.86. The normalized spacial score (nSPS) is 10.9. The van der Waals surface area contributed by atoms with Crippen molar-refractivity contribution < 1.29 is 4.74 Å². The number of benzene rings is 1. The Labute approximate surface area is 120 Å². The molecule has 0 fully saturated rings. The summed E-state index contributed by atoms with van der Waals surface area (Å²) in [4.78, 5) is 0. The highest BCUT2D eigenvalue weighted by Crippen LogP contribution is 2.11. The first-order chi connectivity index (χ1) is 9.69. The van der Waals surface area contributed by atoms with Gasteiger partial charge in [0.15, 0.2) is 0 Å². The predicted molar refractivity (Wildman–Crippen MR) is 80.8 cm³/mol. The first kappa shape index (κ1) is 14.8. The predicted octanol–water partition coefficient (Wildman–Crippen LogP) is 2.28. The number of nitrogens with one attached hydrogen (secondary N) is 1. The Kier molecular flexibility index (Phi) is 5.32. The Balaban J connectivity index is 1.90. The number of hydrogen-bond donors (Lipinski definition) is 1. The van der Waals surface area contributed by atoms with Gasteiger partial charge < -0.3 is 10.1 Å². The number of methoxy groups -OCH3 is 1. The van der Waals surface area contributed by atoms with Crippen molar-refractivity contribution in [1.82, 2.24) is 15.1 Å². The molecule has 2 rings (SSSR count). The molecule has 0 spiro atoms. The Morgan fingerprint density at radius 1 is 1.20 bits per heavy atom. The van der Waals surface area contributed by atoms with Crippen LogP contribution in [-0.4, -0.2) is 30.0 Å². The first-order valence-corrected chi connectivity index (χ1v) is 6.97. The van der Waals surface area contributed by atoms with E-state index in [2.05, 4.69) is 48.5 Å². The molecule has 1 aromatic carbocycles.